The van der Waals surface area contributed by atoms with E-state index in [1.165, 1.54) is 0 Å². The van der Waals surface area contributed by atoms with Crippen molar-refractivity contribution in [2.75, 3.05) is 0 Å². The van der Waals surface area contributed by atoms with E-state index in [0.717, 1.165) is 21.0 Å². The number of rotatable bonds is 0. The quantitative estimate of drug-likeness (QED) is 0.781. The average Bonchev–Trinajstić information content (AvgIpc) is 2.84. The van der Waals surface area contributed by atoms with E-state index >= 15 is 0 Å². The van der Waals surface area contributed by atoms with Gasteiger partial charge in [0.05, 0.1) is 21.8 Å². The van der Waals surface area contributed by atoms with Gasteiger partial charge in [-0.2, -0.15) is 5.06 Å². The Labute approximate surface area is 123 Å². The number of nitrogens with zero attached hydrogens (tertiary/aromatic N) is 4. The topological polar surface area (TPSA) is 71.3 Å². The van der Waals surface area contributed by atoms with Gasteiger partial charge in [0, 0.05) is 0 Å². The summed E-state index contributed by atoms with van der Waals surface area (Å²) >= 11 is 0. The molecule has 6 heteroatoms. The molecule has 2 aliphatic heterocycles. The van der Waals surface area contributed by atoms with Crippen LogP contribution in [0.1, 0.15) is 33.3 Å². The Morgan fingerprint density at radius 3 is 2.24 bits per heavy atom. The lowest BCUT2D eigenvalue weighted by atomic mass is 9.84. The molecule has 0 aromatic heterocycles. The molecule has 1 N–H and O–H groups in total. The molecular weight excluding hydrogens is 268 g/mol. The van der Waals surface area contributed by atoms with Crippen LogP contribution in [0.4, 0.5) is 0 Å². The predicted octanol–water partition coefficient (Wildman–Crippen LogP) is 1.28. The largest absolute Gasteiger partial charge is 0.286 e. The van der Waals surface area contributed by atoms with E-state index in [-0.39, 0.29) is 11.6 Å². The van der Waals surface area contributed by atoms with Crippen molar-refractivity contribution >= 4 is 0 Å². The van der Waals surface area contributed by atoms with Crippen LogP contribution in [0.5, 0.6) is 0 Å². The van der Waals surface area contributed by atoms with E-state index < -0.39 is 11.1 Å². The highest BCUT2D eigenvalue weighted by molar-refractivity contribution is 5.25. The van der Waals surface area contributed by atoms with Gasteiger partial charge in [-0.3, -0.25) is 5.21 Å². The molecule has 0 amide bonds. The second-order valence-electron chi connectivity index (χ2n) is 6.59. The van der Waals surface area contributed by atoms with Gasteiger partial charge >= 0.3 is 0 Å². The molecule has 2 heterocycles. The first kappa shape index (κ1) is 14.0. The molecule has 0 atom stereocenters. The predicted molar refractivity (Wildman–Crippen MR) is 74.8 cm³/mol. The Hall–Kier alpha value is -1.92. The maximum Gasteiger partial charge on any atom is 0.202 e. The molecule has 0 unspecified atom stereocenters. The molecule has 111 valence electrons. The molecule has 3 rings (SSSR count). The van der Waals surface area contributed by atoms with Gasteiger partial charge in [-0.25, -0.2) is 15.0 Å². The standard InChI is InChI=1S/C15H19N4O2/c1-9-6-7-10-11(8-9)17-12(16-10)13-18(20)14(2,3)15(4,5)19(13)21/h6-8,20H,1-5H3/b13-12+. The van der Waals surface area contributed by atoms with Gasteiger partial charge in [-0.05, 0) is 52.3 Å². The van der Waals surface area contributed by atoms with Crippen molar-refractivity contribution in [2.24, 2.45) is 9.98 Å². The van der Waals surface area contributed by atoms with Crippen LogP contribution >= 0.6 is 0 Å². The van der Waals surface area contributed by atoms with Crippen molar-refractivity contribution in [1.29, 1.82) is 0 Å². The molecule has 2 aliphatic rings. The zero-order valence-corrected chi connectivity index (χ0v) is 12.9. The van der Waals surface area contributed by atoms with E-state index in [2.05, 4.69) is 9.98 Å². The summed E-state index contributed by atoms with van der Waals surface area (Å²) in [4.78, 5) is 8.77. The fourth-order valence-electron chi connectivity index (χ4n) is 2.48. The van der Waals surface area contributed by atoms with Crippen molar-refractivity contribution in [3.8, 4) is 0 Å². The third kappa shape index (κ3) is 1.72. The number of hydrogen-bond donors (Lipinski definition) is 1. The van der Waals surface area contributed by atoms with Gasteiger partial charge in [0.25, 0.3) is 0 Å². The highest BCUT2D eigenvalue weighted by Crippen LogP contribution is 2.44. The van der Waals surface area contributed by atoms with E-state index in [0.29, 0.717) is 5.36 Å². The van der Waals surface area contributed by atoms with Gasteiger partial charge in [0.2, 0.25) is 5.82 Å². The smallest absolute Gasteiger partial charge is 0.202 e. The lowest BCUT2D eigenvalue weighted by Gasteiger charge is -2.36. The van der Waals surface area contributed by atoms with Crippen molar-refractivity contribution in [2.45, 2.75) is 45.7 Å². The maximum absolute atomic E-state index is 12.6. The normalized spacial score (nSPS) is 25.7. The molecule has 0 aliphatic carbocycles. The van der Waals surface area contributed by atoms with Crippen LogP contribution in [0.25, 0.3) is 0 Å². The summed E-state index contributed by atoms with van der Waals surface area (Å²) < 4.78 is 0. The Morgan fingerprint density at radius 1 is 1.05 bits per heavy atom. The maximum atomic E-state index is 12.6. The summed E-state index contributed by atoms with van der Waals surface area (Å²) in [6.45, 7) is 9.20. The molecule has 1 saturated heterocycles. The van der Waals surface area contributed by atoms with Gasteiger partial charge in [-0.15, -0.1) is 0 Å². The molecule has 0 saturated carbocycles. The summed E-state index contributed by atoms with van der Waals surface area (Å²) in [6.07, 6.45) is 0. The van der Waals surface area contributed by atoms with E-state index in [1.54, 1.807) is 13.8 Å². The third-order valence-electron chi connectivity index (χ3n) is 4.71. The van der Waals surface area contributed by atoms with E-state index in [1.807, 2.05) is 39.0 Å². The fraction of sp³-hybridized carbons (Fsp3) is 0.467. The summed E-state index contributed by atoms with van der Waals surface area (Å²) in [5, 5.41) is 26.3. The van der Waals surface area contributed by atoms with E-state index in [9.17, 15) is 10.4 Å². The van der Waals surface area contributed by atoms with Crippen LogP contribution in [0.2, 0.25) is 0 Å². The minimum Gasteiger partial charge on any atom is -0.286 e. The number of hydroxylamine groups is 4. The zero-order valence-electron chi connectivity index (χ0n) is 12.9. The zero-order chi connectivity index (χ0) is 15.6. The van der Waals surface area contributed by atoms with Crippen molar-refractivity contribution in [1.82, 2.24) is 10.1 Å². The second kappa shape index (κ2) is 4.05. The van der Waals surface area contributed by atoms with Crippen LogP contribution < -0.4 is 10.7 Å². The van der Waals surface area contributed by atoms with Crippen molar-refractivity contribution in [3.05, 3.63) is 46.1 Å². The molecule has 0 spiro atoms. The summed E-state index contributed by atoms with van der Waals surface area (Å²) in [6, 6.07) is 5.72. The van der Waals surface area contributed by atoms with Gasteiger partial charge in [0.1, 0.15) is 0 Å². The molecule has 1 aromatic carbocycles. The van der Waals surface area contributed by atoms with E-state index in [4.69, 9.17) is 0 Å². The van der Waals surface area contributed by atoms with Gasteiger partial charge < -0.3 is 0 Å². The van der Waals surface area contributed by atoms with Crippen molar-refractivity contribution in [3.63, 3.8) is 0 Å². The van der Waals surface area contributed by atoms with Gasteiger partial charge in [-0.1, -0.05) is 11.3 Å². The SMILES string of the molecule is Cc1ccc2c(c1)=N/C(=C1/N([O])C(C)(C)C(C)(C)N1O)N=2. The monoisotopic (exact) mass is 287 g/mol. The Balaban J connectivity index is 2.22. The minimum absolute atomic E-state index is 0.0962. The lowest BCUT2D eigenvalue weighted by molar-refractivity contribution is -0.182. The molecule has 1 radical (unpaired) electrons. The van der Waals surface area contributed by atoms with Gasteiger partial charge in [0.15, 0.2) is 5.82 Å². The van der Waals surface area contributed by atoms with Crippen LogP contribution in [0, 0.1) is 6.92 Å². The first-order valence-corrected chi connectivity index (χ1v) is 6.91. The Kier molecular flexibility index (Phi) is 2.71. The number of fused-ring (bicyclic) bond motifs is 1. The third-order valence-corrected chi connectivity index (χ3v) is 4.71. The first-order valence-electron chi connectivity index (χ1n) is 6.91. The van der Waals surface area contributed by atoms with Crippen LogP contribution in [0.3, 0.4) is 0 Å². The second-order valence-corrected chi connectivity index (χ2v) is 6.59. The number of hydrogen-bond acceptors (Lipinski definition) is 5. The highest BCUT2D eigenvalue weighted by atomic mass is 16.6. The molecule has 0 bridgehead atoms. The minimum atomic E-state index is -0.792. The summed E-state index contributed by atoms with van der Waals surface area (Å²) in [5.74, 6) is 0.352. The van der Waals surface area contributed by atoms with Crippen molar-refractivity contribution < 1.29 is 10.4 Å². The van der Waals surface area contributed by atoms with Crippen LogP contribution in [0.15, 0.2) is 39.8 Å². The molecule has 1 aromatic rings. The fourth-order valence-corrected chi connectivity index (χ4v) is 2.48. The average molecular weight is 287 g/mol. The molecule has 1 fully saturated rings. The summed E-state index contributed by atoms with van der Waals surface area (Å²) in [7, 11) is 0. The first-order chi connectivity index (χ1) is 9.66. The molecule has 6 nitrogen and oxygen atoms in total. The summed E-state index contributed by atoms with van der Waals surface area (Å²) in [5.41, 5.74) is -0.460. The number of benzene rings is 1. The molecule has 21 heavy (non-hydrogen) atoms. The Morgan fingerprint density at radius 2 is 1.67 bits per heavy atom. The highest BCUT2D eigenvalue weighted by Gasteiger charge is 2.57. The number of aryl methyl sites for hydroxylation is 1. The van der Waals surface area contributed by atoms with Crippen LogP contribution in [-0.4, -0.2) is 26.4 Å². The van der Waals surface area contributed by atoms with Crippen LogP contribution in [-0.2, 0) is 5.21 Å². The molecular formula is C15H19N4O2. The Bertz CT molecular complexity index is 742. The lowest BCUT2D eigenvalue weighted by Crippen LogP contribution is -2.52.